The van der Waals surface area contributed by atoms with E-state index in [-0.39, 0.29) is 0 Å². The molecule has 0 amide bonds. The normalized spacial score (nSPS) is 10.8. The van der Waals surface area contributed by atoms with Gasteiger partial charge >= 0.3 is 0 Å². The average molecular weight is 109 g/mol. The van der Waals surface area contributed by atoms with E-state index in [9.17, 15) is 0 Å². The largest absolute Gasteiger partial charge is 0.301 e. The van der Waals surface area contributed by atoms with Crippen LogP contribution in [0.3, 0.4) is 0 Å². The first-order valence-electron chi connectivity index (χ1n) is 1.51. The molecule has 0 aliphatic rings. The van der Waals surface area contributed by atoms with Crippen molar-refractivity contribution in [3.63, 3.8) is 0 Å². The third kappa shape index (κ3) is 4.82. The average Bonchev–Trinajstić information content (AvgIpc) is 1.41. The molecule has 2 atom stereocenters. The van der Waals surface area contributed by atoms with Crippen molar-refractivity contribution in [2.75, 3.05) is 13.0 Å². The van der Waals surface area contributed by atoms with Crippen molar-refractivity contribution in [1.82, 2.24) is 5.09 Å². The lowest BCUT2D eigenvalue weighted by Crippen LogP contribution is -1.84. The zero-order chi connectivity index (χ0) is 4.12. The van der Waals surface area contributed by atoms with E-state index < -0.39 is 0 Å². The second-order valence-electron chi connectivity index (χ2n) is 0.631. The van der Waals surface area contributed by atoms with Crippen LogP contribution in [0.5, 0.6) is 0 Å². The molecule has 0 aliphatic carbocycles. The Bertz CT molecular complexity index is 15.1. The summed E-state index contributed by atoms with van der Waals surface area (Å²) in [5.74, 6) is 1.18. The smallest absolute Gasteiger partial charge is 0.00732 e. The number of hydrogen-bond donors (Lipinski definition) is 1. The summed E-state index contributed by atoms with van der Waals surface area (Å²) in [6.45, 7) is 0. The minimum atomic E-state index is 0.910. The second kappa shape index (κ2) is 4.82. The van der Waals surface area contributed by atoms with Gasteiger partial charge in [-0.25, -0.2) is 0 Å². The fraction of sp³-hybridized carbons (Fsp3) is 1.00. The molecule has 0 heterocycles. The Hall–Kier alpha value is 0.820. The highest BCUT2D eigenvalue weighted by atomic mass is 31.1. The van der Waals surface area contributed by atoms with Crippen LogP contribution in [0.25, 0.3) is 0 Å². The van der Waals surface area contributed by atoms with E-state index in [0.717, 1.165) is 8.73 Å². The van der Waals surface area contributed by atoms with Gasteiger partial charge in [0.15, 0.2) is 0 Å². The Morgan fingerprint density at radius 3 is 2.60 bits per heavy atom. The summed E-state index contributed by atoms with van der Waals surface area (Å²) >= 11 is 0. The first-order valence-corrected chi connectivity index (χ1v) is 3.54. The van der Waals surface area contributed by atoms with Gasteiger partial charge in [0, 0.05) is 0 Å². The molecular formula is C2H9NP2. The van der Waals surface area contributed by atoms with E-state index >= 15 is 0 Å². The van der Waals surface area contributed by atoms with E-state index in [1.165, 1.54) is 5.90 Å². The van der Waals surface area contributed by atoms with Crippen molar-refractivity contribution in [2.45, 2.75) is 0 Å². The fourth-order valence-electron chi connectivity index (χ4n) is 0.102. The standard InChI is InChI=1S/C2H9NP2/c1-3-5-2-4/h3,5H,2,4H2,1H3. The molecule has 0 aliphatic heterocycles. The van der Waals surface area contributed by atoms with E-state index in [2.05, 4.69) is 14.3 Å². The summed E-state index contributed by atoms with van der Waals surface area (Å²) in [6, 6.07) is 0. The second-order valence-corrected chi connectivity index (χ2v) is 3.12. The topological polar surface area (TPSA) is 12.0 Å². The third-order valence-corrected chi connectivity index (χ3v) is 1.45. The van der Waals surface area contributed by atoms with Gasteiger partial charge in [0.2, 0.25) is 0 Å². The van der Waals surface area contributed by atoms with Crippen molar-refractivity contribution in [2.24, 2.45) is 0 Å². The van der Waals surface area contributed by atoms with Crippen LogP contribution < -0.4 is 5.09 Å². The zero-order valence-corrected chi connectivity index (χ0v) is 5.44. The summed E-state index contributed by atoms with van der Waals surface area (Å²) < 4.78 is 0. The highest BCUT2D eigenvalue weighted by molar-refractivity contribution is 7.47. The quantitative estimate of drug-likeness (QED) is 0.513. The summed E-state index contributed by atoms with van der Waals surface area (Å²) in [5.41, 5.74) is 0. The minimum Gasteiger partial charge on any atom is -0.301 e. The molecule has 0 spiro atoms. The molecule has 1 N–H and O–H groups in total. The minimum absolute atomic E-state index is 0.910. The Morgan fingerprint density at radius 1 is 2.00 bits per heavy atom. The van der Waals surface area contributed by atoms with Crippen molar-refractivity contribution in [3.8, 4) is 0 Å². The Kier molecular flexibility index (Phi) is 5.61. The molecule has 0 aromatic heterocycles. The first-order chi connectivity index (χ1) is 2.41. The highest BCUT2D eigenvalue weighted by Gasteiger charge is 1.64. The van der Waals surface area contributed by atoms with Crippen LogP contribution in [0, 0.1) is 0 Å². The predicted molar refractivity (Wildman–Crippen MR) is 32.0 cm³/mol. The van der Waals surface area contributed by atoms with Gasteiger partial charge in [-0.15, -0.1) is 9.24 Å². The van der Waals surface area contributed by atoms with Gasteiger partial charge in [-0.05, 0) is 13.0 Å². The fourth-order valence-corrected chi connectivity index (χ4v) is 0.919. The molecule has 0 bridgehead atoms. The summed E-state index contributed by atoms with van der Waals surface area (Å²) in [6.07, 6.45) is 0. The summed E-state index contributed by atoms with van der Waals surface area (Å²) in [7, 11) is 5.52. The van der Waals surface area contributed by atoms with E-state index in [0.29, 0.717) is 0 Å². The van der Waals surface area contributed by atoms with Gasteiger partial charge in [-0.1, -0.05) is 8.73 Å². The van der Waals surface area contributed by atoms with Crippen LogP contribution in [-0.4, -0.2) is 13.0 Å². The van der Waals surface area contributed by atoms with Crippen LogP contribution in [-0.2, 0) is 0 Å². The molecule has 1 nitrogen and oxygen atoms in total. The molecule has 0 aromatic rings. The molecule has 0 rings (SSSR count). The van der Waals surface area contributed by atoms with Crippen molar-refractivity contribution in [1.29, 1.82) is 0 Å². The van der Waals surface area contributed by atoms with Crippen LogP contribution in [0.1, 0.15) is 0 Å². The molecule has 32 valence electrons. The lowest BCUT2D eigenvalue weighted by atomic mass is 11.6. The van der Waals surface area contributed by atoms with Gasteiger partial charge in [-0.3, -0.25) is 0 Å². The molecule has 0 saturated heterocycles. The van der Waals surface area contributed by atoms with Crippen molar-refractivity contribution >= 4 is 18.0 Å². The number of hydrogen-bond acceptors (Lipinski definition) is 1. The molecule has 2 unspecified atom stereocenters. The Morgan fingerprint density at radius 2 is 2.60 bits per heavy atom. The third-order valence-electron chi connectivity index (χ3n) is 0.279. The van der Waals surface area contributed by atoms with Gasteiger partial charge in [-0.2, -0.15) is 0 Å². The summed E-state index contributed by atoms with van der Waals surface area (Å²) in [5, 5.41) is 3.02. The predicted octanol–water partition coefficient (Wildman–Crippen LogP) is 0.632. The van der Waals surface area contributed by atoms with Crippen LogP contribution >= 0.6 is 18.0 Å². The van der Waals surface area contributed by atoms with Gasteiger partial charge in [0.25, 0.3) is 0 Å². The van der Waals surface area contributed by atoms with Crippen LogP contribution in [0.2, 0.25) is 0 Å². The van der Waals surface area contributed by atoms with E-state index in [4.69, 9.17) is 0 Å². The van der Waals surface area contributed by atoms with Crippen LogP contribution in [0.4, 0.5) is 0 Å². The van der Waals surface area contributed by atoms with E-state index in [1.54, 1.807) is 0 Å². The lowest BCUT2D eigenvalue weighted by molar-refractivity contribution is 1.29. The summed E-state index contributed by atoms with van der Waals surface area (Å²) in [4.78, 5) is 0. The van der Waals surface area contributed by atoms with Gasteiger partial charge in [0.05, 0.1) is 0 Å². The molecule has 3 heteroatoms. The highest BCUT2D eigenvalue weighted by Crippen LogP contribution is 2.03. The molecule has 5 heavy (non-hydrogen) atoms. The van der Waals surface area contributed by atoms with Gasteiger partial charge in [0.1, 0.15) is 0 Å². The number of rotatable bonds is 2. The maximum absolute atomic E-state index is 3.02. The zero-order valence-electron chi connectivity index (χ0n) is 3.28. The number of nitrogens with one attached hydrogen (secondary N) is 1. The van der Waals surface area contributed by atoms with Crippen molar-refractivity contribution in [3.05, 3.63) is 0 Å². The molecule has 0 saturated carbocycles. The van der Waals surface area contributed by atoms with Crippen LogP contribution in [0.15, 0.2) is 0 Å². The lowest BCUT2D eigenvalue weighted by Gasteiger charge is -1.85. The van der Waals surface area contributed by atoms with Gasteiger partial charge < -0.3 is 5.09 Å². The monoisotopic (exact) mass is 109 g/mol. The van der Waals surface area contributed by atoms with E-state index in [1.807, 2.05) is 7.05 Å². The molecular weight excluding hydrogens is 100.0 g/mol. The molecule has 0 radical (unpaired) electrons. The Balaban J connectivity index is 2.19. The molecule has 0 aromatic carbocycles. The molecule has 0 fully saturated rings. The van der Waals surface area contributed by atoms with Crippen molar-refractivity contribution < 1.29 is 0 Å². The first kappa shape index (κ1) is 5.82. The Labute approximate surface area is 37.0 Å². The SMILES string of the molecule is CNPCP. The maximum atomic E-state index is 3.02. The maximum Gasteiger partial charge on any atom is -0.00732 e.